The third-order valence-corrected chi connectivity index (χ3v) is 4.54. The average Bonchev–Trinajstić information content (AvgIpc) is 3.09. The van der Waals surface area contributed by atoms with E-state index in [9.17, 15) is 0 Å². The number of aliphatic hydroxyl groups excluding tert-OH is 1. The number of aliphatic hydroxyl groups is 1. The second-order valence-corrected chi connectivity index (χ2v) is 6.34. The lowest BCUT2D eigenvalue weighted by molar-refractivity contribution is 0.282. The molecule has 0 aliphatic heterocycles. The average molecular weight is 324 g/mol. The SMILES string of the molecule is OCc1ccc(CCNCc2nc(-c3ccccc3)cs2)cc1. The second kappa shape index (κ2) is 8.02. The molecule has 0 saturated heterocycles. The number of hydrogen-bond acceptors (Lipinski definition) is 4. The zero-order chi connectivity index (χ0) is 15.9. The summed E-state index contributed by atoms with van der Waals surface area (Å²) in [6, 6.07) is 18.4. The van der Waals surface area contributed by atoms with E-state index in [0.717, 1.165) is 35.8 Å². The molecule has 0 aliphatic rings. The van der Waals surface area contributed by atoms with Crippen LogP contribution in [0.15, 0.2) is 60.0 Å². The minimum atomic E-state index is 0.103. The number of nitrogens with zero attached hydrogens (tertiary/aromatic N) is 1. The van der Waals surface area contributed by atoms with E-state index in [1.807, 2.05) is 30.3 Å². The summed E-state index contributed by atoms with van der Waals surface area (Å²) in [5.41, 5.74) is 4.45. The Kier molecular flexibility index (Phi) is 5.53. The van der Waals surface area contributed by atoms with E-state index in [-0.39, 0.29) is 6.61 Å². The highest BCUT2D eigenvalue weighted by Gasteiger charge is 2.03. The summed E-state index contributed by atoms with van der Waals surface area (Å²) >= 11 is 1.69. The van der Waals surface area contributed by atoms with Gasteiger partial charge >= 0.3 is 0 Å². The Labute approximate surface area is 140 Å². The lowest BCUT2D eigenvalue weighted by atomic mass is 10.1. The zero-order valence-electron chi connectivity index (χ0n) is 12.9. The Morgan fingerprint density at radius 2 is 1.70 bits per heavy atom. The van der Waals surface area contributed by atoms with Crippen molar-refractivity contribution >= 4 is 11.3 Å². The fourth-order valence-electron chi connectivity index (χ4n) is 2.37. The molecule has 1 heterocycles. The molecule has 0 amide bonds. The monoisotopic (exact) mass is 324 g/mol. The standard InChI is InChI=1S/C19H20N2OS/c22-13-16-8-6-15(7-9-16)10-11-20-12-19-21-18(14-23-19)17-4-2-1-3-5-17/h1-9,14,20,22H,10-13H2. The largest absolute Gasteiger partial charge is 0.392 e. The maximum absolute atomic E-state index is 9.03. The quantitative estimate of drug-likeness (QED) is 0.652. The van der Waals surface area contributed by atoms with Gasteiger partial charge in [0.2, 0.25) is 0 Å². The molecule has 4 heteroatoms. The summed E-state index contributed by atoms with van der Waals surface area (Å²) in [7, 11) is 0. The number of hydrogen-bond donors (Lipinski definition) is 2. The molecule has 23 heavy (non-hydrogen) atoms. The van der Waals surface area contributed by atoms with E-state index < -0.39 is 0 Å². The van der Waals surface area contributed by atoms with Crippen LogP contribution in [0, 0.1) is 0 Å². The highest BCUT2D eigenvalue weighted by Crippen LogP contribution is 2.21. The first-order valence-electron chi connectivity index (χ1n) is 7.74. The van der Waals surface area contributed by atoms with Gasteiger partial charge in [-0.15, -0.1) is 11.3 Å². The molecule has 0 radical (unpaired) electrons. The lowest BCUT2D eigenvalue weighted by Crippen LogP contribution is -2.16. The Morgan fingerprint density at radius 1 is 0.957 bits per heavy atom. The van der Waals surface area contributed by atoms with Crippen molar-refractivity contribution in [2.24, 2.45) is 0 Å². The van der Waals surface area contributed by atoms with Crippen molar-refractivity contribution in [3.05, 3.63) is 76.1 Å². The molecule has 3 nitrogen and oxygen atoms in total. The number of aromatic nitrogens is 1. The highest BCUT2D eigenvalue weighted by atomic mass is 32.1. The van der Waals surface area contributed by atoms with E-state index in [1.54, 1.807) is 11.3 Å². The third kappa shape index (κ3) is 4.48. The summed E-state index contributed by atoms with van der Waals surface area (Å²) in [6.45, 7) is 1.82. The van der Waals surface area contributed by atoms with E-state index >= 15 is 0 Å². The molecule has 118 valence electrons. The molecule has 0 spiro atoms. The van der Waals surface area contributed by atoms with Gasteiger partial charge in [0.15, 0.2) is 0 Å². The van der Waals surface area contributed by atoms with Gasteiger partial charge in [-0.3, -0.25) is 0 Å². The summed E-state index contributed by atoms with van der Waals surface area (Å²) in [6.07, 6.45) is 0.975. The van der Waals surface area contributed by atoms with Gasteiger partial charge in [0, 0.05) is 17.5 Å². The molecule has 2 N–H and O–H groups in total. The van der Waals surface area contributed by atoms with Gasteiger partial charge in [0.05, 0.1) is 12.3 Å². The van der Waals surface area contributed by atoms with Crippen molar-refractivity contribution in [3.8, 4) is 11.3 Å². The molecule has 1 aromatic heterocycles. The molecule has 3 aromatic rings. The minimum absolute atomic E-state index is 0.103. The van der Waals surface area contributed by atoms with Crippen molar-refractivity contribution in [2.75, 3.05) is 6.54 Å². The second-order valence-electron chi connectivity index (χ2n) is 5.39. The van der Waals surface area contributed by atoms with Crippen molar-refractivity contribution in [3.63, 3.8) is 0 Å². The number of rotatable bonds is 7. The number of benzene rings is 2. The van der Waals surface area contributed by atoms with Gasteiger partial charge in [-0.05, 0) is 24.1 Å². The summed E-state index contributed by atoms with van der Waals surface area (Å²) in [5, 5.41) is 15.7. The van der Waals surface area contributed by atoms with Crippen LogP contribution in [0.5, 0.6) is 0 Å². The van der Waals surface area contributed by atoms with Crippen LogP contribution in [-0.2, 0) is 19.6 Å². The van der Waals surface area contributed by atoms with Crippen LogP contribution in [0.4, 0.5) is 0 Å². The van der Waals surface area contributed by atoms with Crippen LogP contribution in [0.3, 0.4) is 0 Å². The maximum Gasteiger partial charge on any atom is 0.107 e. The first-order chi connectivity index (χ1) is 11.3. The van der Waals surface area contributed by atoms with E-state index in [4.69, 9.17) is 5.11 Å². The summed E-state index contributed by atoms with van der Waals surface area (Å²) in [4.78, 5) is 4.68. The van der Waals surface area contributed by atoms with Crippen molar-refractivity contribution < 1.29 is 5.11 Å². The van der Waals surface area contributed by atoms with Gasteiger partial charge in [-0.2, -0.15) is 0 Å². The van der Waals surface area contributed by atoms with Crippen LogP contribution in [0.2, 0.25) is 0 Å². The van der Waals surface area contributed by atoms with Gasteiger partial charge in [-0.25, -0.2) is 4.98 Å². The van der Waals surface area contributed by atoms with Gasteiger partial charge < -0.3 is 10.4 Å². The van der Waals surface area contributed by atoms with Crippen molar-refractivity contribution in [1.82, 2.24) is 10.3 Å². The van der Waals surface area contributed by atoms with Crippen LogP contribution in [0.1, 0.15) is 16.1 Å². The fourth-order valence-corrected chi connectivity index (χ4v) is 3.15. The van der Waals surface area contributed by atoms with Gasteiger partial charge in [0.1, 0.15) is 5.01 Å². The molecule has 2 aromatic carbocycles. The molecular formula is C19H20N2OS. The Hall–Kier alpha value is -2.01. The van der Waals surface area contributed by atoms with Crippen LogP contribution < -0.4 is 5.32 Å². The normalized spacial score (nSPS) is 10.8. The Morgan fingerprint density at radius 3 is 2.43 bits per heavy atom. The van der Waals surface area contributed by atoms with E-state index in [2.05, 4.69) is 39.9 Å². The lowest BCUT2D eigenvalue weighted by Gasteiger charge is -2.04. The van der Waals surface area contributed by atoms with Crippen molar-refractivity contribution in [1.29, 1.82) is 0 Å². The first kappa shape index (κ1) is 15.9. The molecule has 0 unspecified atom stereocenters. The number of nitrogens with one attached hydrogen (secondary N) is 1. The smallest absolute Gasteiger partial charge is 0.107 e. The molecule has 0 fully saturated rings. The predicted octanol–water partition coefficient (Wildman–Crippen LogP) is 3.63. The van der Waals surface area contributed by atoms with Gasteiger partial charge in [-0.1, -0.05) is 54.6 Å². The zero-order valence-corrected chi connectivity index (χ0v) is 13.7. The van der Waals surface area contributed by atoms with Crippen LogP contribution in [0.25, 0.3) is 11.3 Å². The maximum atomic E-state index is 9.03. The molecule has 0 saturated carbocycles. The highest BCUT2D eigenvalue weighted by molar-refractivity contribution is 7.09. The molecule has 0 aliphatic carbocycles. The number of thiazole rings is 1. The Balaban J connectivity index is 1.46. The van der Waals surface area contributed by atoms with E-state index in [1.165, 1.54) is 11.1 Å². The molecule has 3 rings (SSSR count). The topological polar surface area (TPSA) is 45.1 Å². The summed E-state index contributed by atoms with van der Waals surface area (Å²) in [5.74, 6) is 0. The Bertz CT molecular complexity index is 723. The van der Waals surface area contributed by atoms with Gasteiger partial charge in [0.25, 0.3) is 0 Å². The first-order valence-corrected chi connectivity index (χ1v) is 8.62. The third-order valence-electron chi connectivity index (χ3n) is 3.69. The molecular weight excluding hydrogens is 304 g/mol. The van der Waals surface area contributed by atoms with Crippen molar-refractivity contribution in [2.45, 2.75) is 19.6 Å². The fraction of sp³-hybridized carbons (Fsp3) is 0.211. The molecule has 0 bridgehead atoms. The van der Waals surface area contributed by atoms with Crippen LogP contribution in [-0.4, -0.2) is 16.6 Å². The van der Waals surface area contributed by atoms with E-state index in [0.29, 0.717) is 0 Å². The van der Waals surface area contributed by atoms with Crippen LogP contribution >= 0.6 is 11.3 Å². The predicted molar refractivity (Wildman–Crippen MR) is 95.3 cm³/mol. The summed E-state index contributed by atoms with van der Waals surface area (Å²) < 4.78 is 0. The minimum Gasteiger partial charge on any atom is -0.392 e. The molecule has 0 atom stereocenters.